The first-order chi connectivity index (χ1) is 14.9. The molecule has 31 heavy (non-hydrogen) atoms. The first kappa shape index (κ1) is 21.9. The average molecular weight is 459 g/mol. The van der Waals surface area contributed by atoms with Crippen LogP contribution in [0.25, 0.3) is 11.0 Å². The number of amides is 1. The molecular weight excluding hydrogens is 432 g/mol. The summed E-state index contributed by atoms with van der Waals surface area (Å²) in [4.78, 5) is 13.3. The summed E-state index contributed by atoms with van der Waals surface area (Å²) in [6, 6.07) is 12.7. The van der Waals surface area contributed by atoms with Gasteiger partial charge in [-0.25, -0.2) is 8.42 Å². The smallest absolute Gasteiger partial charge is 0.243 e. The fourth-order valence-electron chi connectivity index (χ4n) is 4.19. The molecule has 2 aromatic carbocycles. The maximum Gasteiger partial charge on any atom is 0.243 e. The molecule has 4 rings (SSSR count). The van der Waals surface area contributed by atoms with Crippen molar-refractivity contribution >= 4 is 38.7 Å². The van der Waals surface area contributed by atoms with Crippen LogP contribution in [0.3, 0.4) is 0 Å². The lowest BCUT2D eigenvalue weighted by Gasteiger charge is -2.35. The predicted octanol–water partition coefficient (Wildman–Crippen LogP) is 3.65. The molecule has 0 radical (unpaired) electrons. The van der Waals surface area contributed by atoms with Gasteiger partial charge in [-0.3, -0.25) is 4.79 Å². The summed E-state index contributed by atoms with van der Waals surface area (Å²) in [6.45, 7) is 4.34. The maximum atomic E-state index is 13.3. The van der Waals surface area contributed by atoms with Gasteiger partial charge in [0.25, 0.3) is 0 Å². The fraction of sp³-hybridized carbons (Fsp3) is 0.409. The number of sulfonamides is 1. The highest BCUT2D eigenvalue weighted by Gasteiger charge is 2.33. The van der Waals surface area contributed by atoms with Crippen LogP contribution in [0.15, 0.2) is 53.4 Å². The van der Waals surface area contributed by atoms with Crippen LogP contribution in [0.4, 0.5) is 0 Å². The van der Waals surface area contributed by atoms with Crippen LogP contribution < -0.4 is 10.0 Å². The molecule has 1 fully saturated rings. The Balaban J connectivity index is 1.64. The average Bonchev–Trinajstić information content (AvgIpc) is 3.24. The van der Waals surface area contributed by atoms with Crippen LogP contribution in [0.5, 0.6) is 0 Å². The van der Waals surface area contributed by atoms with Crippen molar-refractivity contribution in [1.82, 2.24) is 18.8 Å². The highest BCUT2D eigenvalue weighted by atomic mass is 32.2. The topological polar surface area (TPSA) is 101 Å². The minimum atomic E-state index is -4.02. The minimum absolute atomic E-state index is 0.0205. The van der Waals surface area contributed by atoms with E-state index in [1.807, 2.05) is 6.07 Å². The van der Waals surface area contributed by atoms with Crippen LogP contribution in [-0.2, 0) is 14.8 Å². The van der Waals surface area contributed by atoms with Gasteiger partial charge in [0.15, 0.2) is 0 Å². The number of nitrogens with one attached hydrogen (secondary N) is 2. The van der Waals surface area contributed by atoms with Crippen molar-refractivity contribution in [3.05, 3.63) is 54.1 Å². The summed E-state index contributed by atoms with van der Waals surface area (Å²) in [6.07, 6.45) is 3.10. The van der Waals surface area contributed by atoms with Gasteiger partial charge in [-0.05, 0) is 36.0 Å². The number of benzene rings is 2. The molecule has 0 spiro atoms. The molecule has 1 aliphatic rings. The Morgan fingerprint density at radius 2 is 1.84 bits per heavy atom. The second kappa shape index (κ2) is 9.02. The Bertz CT molecular complexity index is 1160. The Hall–Kier alpha value is -2.36. The first-order valence-electron chi connectivity index (χ1n) is 10.5. The van der Waals surface area contributed by atoms with E-state index in [-0.39, 0.29) is 16.8 Å². The molecule has 7 nitrogen and oxygen atoms in total. The predicted molar refractivity (Wildman–Crippen MR) is 121 cm³/mol. The highest BCUT2D eigenvalue weighted by molar-refractivity contribution is 7.89. The molecule has 0 aliphatic heterocycles. The van der Waals surface area contributed by atoms with Gasteiger partial charge in [-0.1, -0.05) is 63.1 Å². The monoisotopic (exact) mass is 458 g/mol. The summed E-state index contributed by atoms with van der Waals surface area (Å²) in [5, 5.41) is 3.11. The van der Waals surface area contributed by atoms with Gasteiger partial charge in [-0.15, -0.1) is 0 Å². The van der Waals surface area contributed by atoms with Crippen molar-refractivity contribution in [2.75, 3.05) is 0 Å². The van der Waals surface area contributed by atoms with Crippen molar-refractivity contribution in [3.63, 3.8) is 0 Å². The molecule has 1 aliphatic carbocycles. The summed E-state index contributed by atoms with van der Waals surface area (Å²) >= 11 is 0.957. The lowest BCUT2D eigenvalue weighted by molar-refractivity contribution is -0.124. The molecule has 0 saturated heterocycles. The second-order valence-corrected chi connectivity index (χ2v) is 10.4. The number of nitrogens with zero attached hydrogens (tertiary/aromatic N) is 2. The van der Waals surface area contributed by atoms with Gasteiger partial charge in [0.05, 0.1) is 11.7 Å². The molecule has 0 bridgehead atoms. The molecule has 3 aromatic rings. The third-order valence-electron chi connectivity index (χ3n) is 6.24. The number of fused-ring (bicyclic) bond motifs is 1. The zero-order valence-corrected chi connectivity index (χ0v) is 19.1. The molecule has 1 heterocycles. The van der Waals surface area contributed by atoms with Crippen LogP contribution in [-0.4, -0.2) is 29.1 Å². The van der Waals surface area contributed by atoms with E-state index < -0.39 is 16.1 Å². The van der Waals surface area contributed by atoms with Crippen molar-refractivity contribution < 1.29 is 13.2 Å². The number of hydrogen-bond donors (Lipinski definition) is 2. The molecule has 1 saturated carbocycles. The van der Waals surface area contributed by atoms with E-state index in [4.69, 9.17) is 0 Å². The van der Waals surface area contributed by atoms with E-state index in [0.29, 0.717) is 28.4 Å². The van der Waals surface area contributed by atoms with Gasteiger partial charge in [0.2, 0.25) is 15.9 Å². The van der Waals surface area contributed by atoms with Crippen molar-refractivity contribution in [2.24, 2.45) is 11.8 Å². The third-order valence-corrected chi connectivity index (χ3v) is 8.24. The first-order valence-corrected chi connectivity index (χ1v) is 12.7. The molecule has 4 atom stereocenters. The lowest BCUT2D eigenvalue weighted by Crippen LogP contribution is -2.48. The van der Waals surface area contributed by atoms with Crippen LogP contribution in [0, 0.1) is 11.8 Å². The van der Waals surface area contributed by atoms with E-state index in [1.54, 1.807) is 36.4 Å². The molecule has 9 heteroatoms. The Morgan fingerprint density at radius 3 is 2.61 bits per heavy atom. The lowest BCUT2D eigenvalue weighted by atomic mass is 9.78. The molecule has 1 amide bonds. The zero-order chi connectivity index (χ0) is 22.0. The molecule has 164 valence electrons. The van der Waals surface area contributed by atoms with Gasteiger partial charge in [0, 0.05) is 6.04 Å². The Labute approximate surface area is 186 Å². The summed E-state index contributed by atoms with van der Waals surface area (Å²) in [5.74, 6) is 0.505. The van der Waals surface area contributed by atoms with Crippen molar-refractivity contribution in [2.45, 2.75) is 50.1 Å². The largest absolute Gasteiger partial charge is 0.351 e. The zero-order valence-electron chi connectivity index (χ0n) is 17.5. The van der Waals surface area contributed by atoms with E-state index in [9.17, 15) is 13.2 Å². The molecular formula is C22H26N4O3S2. The summed E-state index contributed by atoms with van der Waals surface area (Å²) in [7, 11) is -4.02. The van der Waals surface area contributed by atoms with Gasteiger partial charge in [-0.2, -0.15) is 13.5 Å². The SMILES string of the molecule is C[C@H]1[C@H](C)CCC[C@@H]1NC(=O)[C@@H](NS(=O)(=O)c1cccc2nsnc12)c1ccccc1. The third kappa shape index (κ3) is 4.63. The second-order valence-electron chi connectivity index (χ2n) is 8.24. The van der Waals surface area contributed by atoms with Gasteiger partial charge in [0.1, 0.15) is 22.0 Å². The van der Waals surface area contributed by atoms with Crippen LogP contribution in [0.1, 0.15) is 44.7 Å². The number of rotatable bonds is 6. The molecule has 1 aromatic heterocycles. The maximum absolute atomic E-state index is 13.3. The van der Waals surface area contributed by atoms with E-state index in [1.165, 1.54) is 6.07 Å². The fourth-order valence-corrected chi connectivity index (χ4v) is 6.14. The quantitative estimate of drug-likeness (QED) is 0.587. The van der Waals surface area contributed by atoms with Crippen molar-refractivity contribution in [1.29, 1.82) is 0 Å². The van der Waals surface area contributed by atoms with Gasteiger partial charge < -0.3 is 5.32 Å². The normalized spacial score (nSPS) is 22.8. The Kier molecular flexibility index (Phi) is 6.36. The summed E-state index contributed by atoms with van der Waals surface area (Å²) < 4.78 is 37.4. The van der Waals surface area contributed by atoms with Gasteiger partial charge >= 0.3 is 0 Å². The minimum Gasteiger partial charge on any atom is -0.351 e. The van der Waals surface area contributed by atoms with Crippen LogP contribution >= 0.6 is 11.7 Å². The standard InChI is InChI=1S/C22H26N4O3S2/c1-14-8-6-11-17(15(14)2)23-22(27)20(16-9-4-3-5-10-16)26-31(28,29)19-13-7-12-18-21(19)25-30-24-18/h3-5,7,9-10,12-15,17,20,26H,6,8,11H2,1-2H3,(H,23,27)/t14-,15+,17+,20+/m1/s1. The number of hydrogen-bond acceptors (Lipinski definition) is 6. The van der Waals surface area contributed by atoms with E-state index >= 15 is 0 Å². The highest BCUT2D eigenvalue weighted by Crippen LogP contribution is 2.30. The van der Waals surface area contributed by atoms with E-state index in [0.717, 1.165) is 31.0 Å². The molecule has 2 N–H and O–H groups in total. The summed E-state index contributed by atoms with van der Waals surface area (Å²) in [5.41, 5.74) is 1.41. The molecule has 0 unspecified atom stereocenters. The Morgan fingerprint density at radius 1 is 1.06 bits per heavy atom. The van der Waals surface area contributed by atoms with E-state index in [2.05, 4.69) is 32.6 Å². The number of carbonyl (C=O) groups excluding carboxylic acids is 1. The van der Waals surface area contributed by atoms with Crippen LogP contribution in [0.2, 0.25) is 0 Å². The number of carbonyl (C=O) groups is 1. The number of aromatic nitrogens is 2. The van der Waals surface area contributed by atoms with Crippen molar-refractivity contribution in [3.8, 4) is 0 Å².